The fourth-order valence-corrected chi connectivity index (χ4v) is 2.90. The summed E-state index contributed by atoms with van der Waals surface area (Å²) in [7, 11) is 1.56. The molecule has 5 nitrogen and oxygen atoms in total. The van der Waals surface area contributed by atoms with E-state index in [0.717, 1.165) is 4.47 Å². The molecule has 1 N–H and O–H groups in total. The maximum absolute atomic E-state index is 12.7. The minimum atomic E-state index is -0.511. The predicted molar refractivity (Wildman–Crippen MR) is 84.5 cm³/mol. The van der Waals surface area contributed by atoms with Crippen LogP contribution in [0.5, 0.6) is 5.75 Å². The van der Waals surface area contributed by atoms with E-state index in [9.17, 15) is 9.59 Å². The van der Waals surface area contributed by atoms with Gasteiger partial charge in [0.2, 0.25) is 11.8 Å². The first-order valence-electron chi connectivity index (χ1n) is 7.00. The van der Waals surface area contributed by atoms with Gasteiger partial charge in [-0.2, -0.15) is 0 Å². The lowest BCUT2D eigenvalue weighted by Gasteiger charge is -2.38. The highest BCUT2D eigenvalue weighted by atomic mass is 79.9. The second kappa shape index (κ2) is 6.47. The van der Waals surface area contributed by atoms with Gasteiger partial charge in [-0.25, -0.2) is 0 Å². The molecule has 2 rings (SSSR count). The Labute approximate surface area is 132 Å². The smallest absolute Gasteiger partial charge is 0.250 e. The summed E-state index contributed by atoms with van der Waals surface area (Å²) in [6.07, 6.45) is 1.11. The topological polar surface area (TPSA) is 58.6 Å². The molecule has 2 atom stereocenters. The molecule has 0 saturated carbocycles. The Balaban J connectivity index is 2.53. The van der Waals surface area contributed by atoms with Crippen molar-refractivity contribution in [1.82, 2.24) is 5.32 Å². The third-order valence-electron chi connectivity index (χ3n) is 3.66. The molecule has 1 heterocycles. The van der Waals surface area contributed by atoms with Gasteiger partial charge in [0.15, 0.2) is 0 Å². The lowest BCUT2D eigenvalue weighted by atomic mass is 10.0. The normalized spacial score (nSPS) is 22.2. The zero-order chi connectivity index (χ0) is 15.6. The lowest BCUT2D eigenvalue weighted by molar-refractivity contribution is -0.134. The van der Waals surface area contributed by atoms with Crippen LogP contribution in [0.2, 0.25) is 0 Å². The summed E-state index contributed by atoms with van der Waals surface area (Å²) >= 11 is 3.41. The van der Waals surface area contributed by atoms with Gasteiger partial charge in [0.05, 0.1) is 12.8 Å². The van der Waals surface area contributed by atoms with Crippen molar-refractivity contribution in [2.24, 2.45) is 0 Å². The van der Waals surface area contributed by atoms with Gasteiger partial charge in [-0.05, 0) is 31.0 Å². The summed E-state index contributed by atoms with van der Waals surface area (Å²) in [5.41, 5.74) is 0.622. The first kappa shape index (κ1) is 15.8. The number of hydrogen-bond donors (Lipinski definition) is 1. The first-order chi connectivity index (χ1) is 10.0. The van der Waals surface area contributed by atoms with Crippen LogP contribution in [-0.2, 0) is 9.59 Å². The maximum Gasteiger partial charge on any atom is 0.250 e. The zero-order valence-electron chi connectivity index (χ0n) is 12.4. The minimum Gasteiger partial charge on any atom is -0.495 e. The van der Waals surface area contributed by atoms with Crippen LogP contribution in [0.3, 0.4) is 0 Å². The van der Waals surface area contributed by atoms with Crippen LogP contribution in [-0.4, -0.2) is 31.0 Å². The highest BCUT2D eigenvalue weighted by Crippen LogP contribution is 2.35. The van der Waals surface area contributed by atoms with Crippen molar-refractivity contribution in [3.63, 3.8) is 0 Å². The summed E-state index contributed by atoms with van der Waals surface area (Å²) in [5, 5.41) is 2.79. The molecule has 2 amide bonds. The Kier molecular flexibility index (Phi) is 4.88. The number of rotatable bonds is 4. The lowest BCUT2D eigenvalue weighted by Crippen LogP contribution is -2.63. The van der Waals surface area contributed by atoms with Gasteiger partial charge in [-0.15, -0.1) is 0 Å². The third-order valence-corrected chi connectivity index (χ3v) is 4.15. The number of nitrogens with zero attached hydrogens (tertiary/aromatic N) is 1. The van der Waals surface area contributed by atoms with E-state index in [4.69, 9.17) is 4.74 Å². The van der Waals surface area contributed by atoms with Gasteiger partial charge in [0.25, 0.3) is 0 Å². The molecule has 6 heteroatoms. The number of carbonyl (C=O) groups is 2. The molecule has 114 valence electrons. The van der Waals surface area contributed by atoms with E-state index < -0.39 is 12.1 Å². The number of halogens is 1. The fraction of sp³-hybridized carbons (Fsp3) is 0.467. The second-order valence-electron chi connectivity index (χ2n) is 4.92. The third kappa shape index (κ3) is 2.90. The fourth-order valence-electron chi connectivity index (χ4n) is 2.55. The van der Waals surface area contributed by atoms with E-state index in [1.54, 1.807) is 18.1 Å². The van der Waals surface area contributed by atoms with Gasteiger partial charge in [-0.1, -0.05) is 29.8 Å². The largest absolute Gasteiger partial charge is 0.495 e. The van der Waals surface area contributed by atoms with Crippen LogP contribution in [0.1, 0.15) is 26.7 Å². The van der Waals surface area contributed by atoms with Gasteiger partial charge >= 0.3 is 0 Å². The average molecular weight is 355 g/mol. The van der Waals surface area contributed by atoms with Crippen molar-refractivity contribution in [3.05, 3.63) is 22.7 Å². The molecular formula is C15H19BrN2O3. The minimum absolute atomic E-state index is 0.0969. The number of benzene rings is 1. The Morgan fingerprint density at radius 3 is 2.57 bits per heavy atom. The summed E-state index contributed by atoms with van der Waals surface area (Å²) in [6.45, 7) is 3.77. The Morgan fingerprint density at radius 2 is 2.00 bits per heavy atom. The zero-order valence-corrected chi connectivity index (χ0v) is 13.9. The summed E-state index contributed by atoms with van der Waals surface area (Å²) in [5.74, 6) is 0.362. The van der Waals surface area contributed by atoms with Crippen LogP contribution in [0.4, 0.5) is 5.69 Å². The standard InChI is InChI=1S/C15H19BrN2O3/c1-4-10-15(20)18(11(5-2)14(19)17-10)12-8-9(16)6-7-13(12)21-3/h6-8,10-11H,4-5H2,1-3H3,(H,17,19). The quantitative estimate of drug-likeness (QED) is 0.903. The number of ether oxygens (including phenoxy) is 1. The molecule has 21 heavy (non-hydrogen) atoms. The average Bonchev–Trinajstić information content (AvgIpc) is 2.48. The molecule has 1 fully saturated rings. The SMILES string of the molecule is CCC1NC(=O)C(CC)N(c2cc(Br)ccc2OC)C1=O. The molecule has 0 aliphatic carbocycles. The summed E-state index contributed by atoms with van der Waals surface area (Å²) in [6, 6.07) is 4.44. The van der Waals surface area contributed by atoms with Gasteiger partial charge in [0.1, 0.15) is 17.8 Å². The molecule has 1 aromatic rings. The maximum atomic E-state index is 12.7. The van der Waals surface area contributed by atoms with Gasteiger partial charge in [-0.3, -0.25) is 14.5 Å². The van der Waals surface area contributed by atoms with Crippen LogP contribution >= 0.6 is 15.9 Å². The van der Waals surface area contributed by atoms with E-state index in [2.05, 4.69) is 21.2 Å². The molecule has 1 aromatic carbocycles. The number of hydrogen-bond acceptors (Lipinski definition) is 3. The molecule has 0 spiro atoms. The monoisotopic (exact) mass is 354 g/mol. The van der Waals surface area contributed by atoms with Crippen molar-refractivity contribution in [1.29, 1.82) is 0 Å². The van der Waals surface area contributed by atoms with Crippen LogP contribution in [0.15, 0.2) is 22.7 Å². The molecule has 1 aliphatic heterocycles. The number of anilines is 1. The number of carbonyl (C=O) groups excluding carboxylic acids is 2. The van der Waals surface area contributed by atoms with E-state index in [0.29, 0.717) is 24.3 Å². The molecule has 0 aromatic heterocycles. The van der Waals surface area contributed by atoms with Crippen LogP contribution < -0.4 is 15.0 Å². The molecular weight excluding hydrogens is 336 g/mol. The number of piperazine rings is 1. The van der Waals surface area contributed by atoms with E-state index >= 15 is 0 Å². The van der Waals surface area contributed by atoms with Crippen LogP contribution in [0, 0.1) is 0 Å². The molecule has 1 saturated heterocycles. The summed E-state index contributed by atoms with van der Waals surface area (Å²) in [4.78, 5) is 26.5. The first-order valence-corrected chi connectivity index (χ1v) is 7.79. The van der Waals surface area contributed by atoms with Crippen molar-refractivity contribution in [3.8, 4) is 5.75 Å². The Morgan fingerprint density at radius 1 is 1.29 bits per heavy atom. The van der Waals surface area contributed by atoms with Crippen molar-refractivity contribution < 1.29 is 14.3 Å². The van der Waals surface area contributed by atoms with E-state index in [1.807, 2.05) is 26.0 Å². The molecule has 1 aliphatic rings. The highest BCUT2D eigenvalue weighted by Gasteiger charge is 2.40. The van der Waals surface area contributed by atoms with Gasteiger partial charge < -0.3 is 10.1 Å². The van der Waals surface area contributed by atoms with E-state index in [1.165, 1.54) is 0 Å². The predicted octanol–water partition coefficient (Wildman–Crippen LogP) is 2.48. The van der Waals surface area contributed by atoms with Crippen molar-refractivity contribution >= 4 is 33.4 Å². The van der Waals surface area contributed by atoms with Crippen LogP contribution in [0.25, 0.3) is 0 Å². The molecule has 2 unspecified atom stereocenters. The summed E-state index contributed by atoms with van der Waals surface area (Å²) < 4.78 is 6.19. The second-order valence-corrected chi connectivity index (χ2v) is 5.83. The van der Waals surface area contributed by atoms with Crippen molar-refractivity contribution in [2.75, 3.05) is 12.0 Å². The number of methoxy groups -OCH3 is 1. The van der Waals surface area contributed by atoms with Crippen molar-refractivity contribution in [2.45, 2.75) is 38.8 Å². The Hall–Kier alpha value is -1.56. The molecule has 0 bridgehead atoms. The van der Waals surface area contributed by atoms with E-state index in [-0.39, 0.29) is 11.8 Å². The highest BCUT2D eigenvalue weighted by molar-refractivity contribution is 9.10. The Bertz CT molecular complexity index is 562. The van der Waals surface area contributed by atoms with Gasteiger partial charge in [0, 0.05) is 4.47 Å². The number of amides is 2. The number of nitrogens with one attached hydrogen (secondary N) is 1. The molecule has 0 radical (unpaired) electrons.